The van der Waals surface area contributed by atoms with E-state index in [1.807, 2.05) is 6.92 Å². The molecule has 0 heterocycles. The summed E-state index contributed by atoms with van der Waals surface area (Å²) < 4.78 is 30.9. The third-order valence-electron chi connectivity index (χ3n) is 2.08. The number of ether oxygens (including phenoxy) is 1. The normalized spacial score (nSPS) is 11.2. The van der Waals surface area contributed by atoms with Crippen LogP contribution in [0.1, 0.15) is 13.3 Å². The minimum absolute atomic E-state index is 0.0799. The highest BCUT2D eigenvalue weighted by Crippen LogP contribution is 2.15. The molecule has 0 saturated heterocycles. The van der Waals surface area contributed by atoms with Crippen molar-refractivity contribution in [1.29, 1.82) is 0 Å². The molecule has 0 amide bonds. The number of carboxylic acid groups (broad SMARTS) is 1. The molecule has 7 heteroatoms. The number of hydrogen-bond donors (Lipinski definition) is 2. The quantitative estimate of drug-likeness (QED) is 0.768. The van der Waals surface area contributed by atoms with Crippen molar-refractivity contribution in [2.24, 2.45) is 0 Å². The van der Waals surface area contributed by atoms with Crippen LogP contribution in [0.25, 0.3) is 0 Å². The van der Waals surface area contributed by atoms with E-state index < -0.39 is 16.0 Å². The molecule has 2 N–H and O–H groups in total. The van der Waals surface area contributed by atoms with Gasteiger partial charge in [0.1, 0.15) is 5.75 Å². The lowest BCUT2D eigenvalue weighted by Crippen LogP contribution is -2.26. The molecular weight excluding hydrogens is 258 g/mol. The Hall–Kier alpha value is -1.60. The van der Waals surface area contributed by atoms with Gasteiger partial charge in [0.05, 0.1) is 17.9 Å². The van der Waals surface area contributed by atoms with Crippen molar-refractivity contribution in [3.63, 3.8) is 0 Å². The summed E-state index contributed by atoms with van der Waals surface area (Å²) in [5.41, 5.74) is 0. The van der Waals surface area contributed by atoms with Gasteiger partial charge in [0, 0.05) is 6.54 Å². The molecule has 0 unspecified atom stereocenters. The van der Waals surface area contributed by atoms with Crippen LogP contribution in [0.2, 0.25) is 0 Å². The van der Waals surface area contributed by atoms with E-state index in [1.54, 1.807) is 12.1 Å². The molecule has 0 aromatic heterocycles. The molecule has 0 aliphatic carbocycles. The van der Waals surface area contributed by atoms with Gasteiger partial charge in [-0.1, -0.05) is 0 Å². The van der Waals surface area contributed by atoms with E-state index in [-0.39, 0.29) is 17.9 Å². The molecule has 18 heavy (non-hydrogen) atoms. The third-order valence-corrected chi connectivity index (χ3v) is 3.55. The molecule has 6 nitrogen and oxygen atoms in total. The average Bonchev–Trinajstić information content (AvgIpc) is 2.29. The van der Waals surface area contributed by atoms with Crippen LogP contribution in [-0.2, 0) is 14.8 Å². The maximum Gasteiger partial charge on any atom is 0.304 e. The number of hydrogen-bond acceptors (Lipinski definition) is 4. The summed E-state index contributed by atoms with van der Waals surface area (Å²) in [4.78, 5) is 10.4. The van der Waals surface area contributed by atoms with Crippen LogP contribution in [0.4, 0.5) is 0 Å². The van der Waals surface area contributed by atoms with Gasteiger partial charge < -0.3 is 9.84 Å². The largest absolute Gasteiger partial charge is 0.494 e. The number of aliphatic carboxylic acids is 1. The number of carbonyl (C=O) groups is 1. The lowest BCUT2D eigenvalue weighted by Gasteiger charge is -2.07. The van der Waals surface area contributed by atoms with E-state index in [2.05, 4.69) is 4.72 Å². The van der Waals surface area contributed by atoms with Crippen LogP contribution in [0, 0.1) is 0 Å². The minimum atomic E-state index is -3.66. The fourth-order valence-electron chi connectivity index (χ4n) is 1.26. The Morgan fingerprint density at radius 3 is 2.44 bits per heavy atom. The molecule has 0 bridgehead atoms. The first-order valence-electron chi connectivity index (χ1n) is 5.40. The van der Waals surface area contributed by atoms with Crippen LogP contribution < -0.4 is 9.46 Å². The first kappa shape index (κ1) is 14.5. The monoisotopic (exact) mass is 273 g/mol. The summed E-state index contributed by atoms with van der Waals surface area (Å²) >= 11 is 0. The zero-order valence-corrected chi connectivity index (χ0v) is 10.7. The van der Waals surface area contributed by atoms with Gasteiger partial charge in [0.25, 0.3) is 0 Å². The van der Waals surface area contributed by atoms with Gasteiger partial charge in [0.15, 0.2) is 0 Å². The van der Waals surface area contributed by atoms with E-state index in [4.69, 9.17) is 9.84 Å². The molecule has 0 aliphatic heterocycles. The van der Waals surface area contributed by atoms with Crippen molar-refractivity contribution >= 4 is 16.0 Å². The van der Waals surface area contributed by atoms with Gasteiger partial charge in [-0.15, -0.1) is 0 Å². The number of nitrogens with one attached hydrogen (secondary N) is 1. The number of rotatable bonds is 7. The molecule has 0 aliphatic rings. The number of sulfonamides is 1. The topological polar surface area (TPSA) is 92.7 Å². The molecule has 0 spiro atoms. The molecule has 1 aromatic carbocycles. The molecule has 1 rings (SSSR count). The Kier molecular flexibility index (Phi) is 5.11. The molecular formula is C11H15NO5S. The van der Waals surface area contributed by atoms with E-state index >= 15 is 0 Å². The van der Waals surface area contributed by atoms with Gasteiger partial charge in [-0.3, -0.25) is 4.79 Å². The van der Waals surface area contributed by atoms with Crippen LogP contribution >= 0.6 is 0 Å². The Morgan fingerprint density at radius 1 is 1.33 bits per heavy atom. The van der Waals surface area contributed by atoms with Gasteiger partial charge in [-0.25, -0.2) is 13.1 Å². The standard InChI is InChI=1S/C11H15NO5S/c1-2-17-9-3-5-10(6-4-9)18(15,16)12-8-7-11(13)14/h3-6,12H,2,7-8H2,1H3,(H,13,14). The lowest BCUT2D eigenvalue weighted by atomic mass is 10.3. The molecule has 100 valence electrons. The highest BCUT2D eigenvalue weighted by atomic mass is 32.2. The van der Waals surface area contributed by atoms with Gasteiger partial charge in [0.2, 0.25) is 10.0 Å². The second-order valence-corrected chi connectivity index (χ2v) is 5.21. The molecule has 0 saturated carbocycles. The second-order valence-electron chi connectivity index (χ2n) is 3.45. The fourth-order valence-corrected chi connectivity index (χ4v) is 2.29. The van der Waals surface area contributed by atoms with E-state index in [1.165, 1.54) is 12.1 Å². The average molecular weight is 273 g/mol. The van der Waals surface area contributed by atoms with Crippen LogP contribution in [-0.4, -0.2) is 32.6 Å². The molecule has 0 radical (unpaired) electrons. The summed E-state index contributed by atoms with van der Waals surface area (Å²) in [6.45, 7) is 2.20. The zero-order chi connectivity index (χ0) is 13.6. The Bertz CT molecular complexity index is 495. The molecule has 0 fully saturated rings. The van der Waals surface area contributed by atoms with Crippen molar-refractivity contribution in [1.82, 2.24) is 4.72 Å². The fraction of sp³-hybridized carbons (Fsp3) is 0.364. The van der Waals surface area contributed by atoms with E-state index in [9.17, 15) is 13.2 Å². The van der Waals surface area contributed by atoms with Crippen LogP contribution in [0.15, 0.2) is 29.2 Å². The molecule has 0 atom stereocenters. The predicted molar refractivity (Wildman–Crippen MR) is 65.1 cm³/mol. The first-order chi connectivity index (χ1) is 8.45. The SMILES string of the molecule is CCOc1ccc(S(=O)(=O)NCCC(=O)O)cc1. The smallest absolute Gasteiger partial charge is 0.304 e. The van der Waals surface area contributed by atoms with Gasteiger partial charge >= 0.3 is 5.97 Å². The van der Waals surface area contributed by atoms with Crippen molar-refractivity contribution in [3.05, 3.63) is 24.3 Å². The summed E-state index contributed by atoms with van der Waals surface area (Å²) in [6, 6.07) is 5.92. The van der Waals surface area contributed by atoms with Crippen molar-refractivity contribution < 1.29 is 23.1 Å². The summed E-state index contributed by atoms with van der Waals surface area (Å²) in [5.74, 6) is -0.466. The first-order valence-corrected chi connectivity index (χ1v) is 6.88. The highest BCUT2D eigenvalue weighted by Gasteiger charge is 2.13. The van der Waals surface area contributed by atoms with Crippen LogP contribution in [0.5, 0.6) is 5.75 Å². The van der Waals surface area contributed by atoms with Crippen molar-refractivity contribution in [3.8, 4) is 5.75 Å². The Labute approximate surface area is 106 Å². The van der Waals surface area contributed by atoms with Crippen molar-refractivity contribution in [2.75, 3.05) is 13.2 Å². The third kappa shape index (κ3) is 4.34. The zero-order valence-electron chi connectivity index (χ0n) is 9.92. The molecule has 1 aromatic rings. The summed E-state index contributed by atoms with van der Waals surface area (Å²) in [7, 11) is -3.66. The predicted octanol–water partition coefficient (Wildman–Crippen LogP) is 0.838. The number of carboxylic acids is 1. The lowest BCUT2D eigenvalue weighted by molar-refractivity contribution is -0.136. The van der Waals surface area contributed by atoms with Crippen LogP contribution in [0.3, 0.4) is 0 Å². The summed E-state index contributed by atoms with van der Waals surface area (Å²) in [5, 5.41) is 8.42. The second kappa shape index (κ2) is 6.36. The van der Waals surface area contributed by atoms with Crippen molar-refractivity contribution in [2.45, 2.75) is 18.2 Å². The Balaban J connectivity index is 2.69. The van der Waals surface area contributed by atoms with Gasteiger partial charge in [-0.05, 0) is 31.2 Å². The van der Waals surface area contributed by atoms with E-state index in [0.717, 1.165) is 0 Å². The minimum Gasteiger partial charge on any atom is -0.494 e. The summed E-state index contributed by atoms with van der Waals surface area (Å²) in [6.07, 6.45) is -0.254. The van der Waals surface area contributed by atoms with E-state index in [0.29, 0.717) is 12.4 Å². The maximum atomic E-state index is 11.7. The van der Waals surface area contributed by atoms with Gasteiger partial charge in [-0.2, -0.15) is 0 Å². The Morgan fingerprint density at radius 2 is 1.94 bits per heavy atom. The number of benzene rings is 1. The highest BCUT2D eigenvalue weighted by molar-refractivity contribution is 7.89. The maximum absolute atomic E-state index is 11.7.